The van der Waals surface area contributed by atoms with Gasteiger partial charge in [0, 0.05) is 43.0 Å². The number of carbonyl (C=O) groups excluding carboxylic acids is 2. The highest BCUT2D eigenvalue weighted by molar-refractivity contribution is 7.99. The average molecular weight is 487 g/mol. The van der Waals surface area contributed by atoms with Gasteiger partial charge in [0.2, 0.25) is 5.91 Å². The fourth-order valence-electron chi connectivity index (χ4n) is 3.81. The van der Waals surface area contributed by atoms with E-state index in [1.54, 1.807) is 13.2 Å². The lowest BCUT2D eigenvalue weighted by atomic mass is 9.88. The van der Waals surface area contributed by atoms with Gasteiger partial charge in [-0.2, -0.15) is 11.8 Å². The quantitative estimate of drug-likeness (QED) is 0.223. The fraction of sp³-hybridized carbons (Fsp3) is 0.375. The third-order valence-corrected chi connectivity index (χ3v) is 6.48. The molecule has 3 unspecified atom stereocenters. The van der Waals surface area contributed by atoms with Gasteiger partial charge >= 0.3 is 5.97 Å². The van der Waals surface area contributed by atoms with Gasteiger partial charge in [-0.1, -0.05) is 24.3 Å². The molecule has 0 saturated carbocycles. The topological polar surface area (TPSA) is 143 Å². The second-order valence-corrected chi connectivity index (χ2v) is 9.17. The Balaban J connectivity index is 1.60. The van der Waals surface area contributed by atoms with Crippen molar-refractivity contribution in [2.75, 3.05) is 36.3 Å². The lowest BCUT2D eigenvalue weighted by Crippen LogP contribution is -2.41. The van der Waals surface area contributed by atoms with Gasteiger partial charge in [-0.05, 0) is 42.1 Å². The number of rotatable bonds is 12. The minimum Gasteiger partial charge on any atom is -0.480 e. The van der Waals surface area contributed by atoms with Crippen LogP contribution in [0.25, 0.3) is 0 Å². The van der Waals surface area contributed by atoms with E-state index in [1.807, 2.05) is 30.5 Å². The Hall–Kier alpha value is -3.24. The maximum absolute atomic E-state index is 12.9. The number of carboxylic acids is 1. The number of benzene rings is 1. The maximum Gasteiger partial charge on any atom is 0.326 e. The summed E-state index contributed by atoms with van der Waals surface area (Å²) in [6.45, 7) is 0.641. The standard InChI is InChI=1S/C24H30N4O5S/c1-33-7-4-8-34-14-22(29)27-18-10-15(9-17(25)12-18)23(30)28-21(24(31)32)11-16-13-26-20-6-3-2-5-19(16)20/h2-3,5-6,9-10,12-13,19-21,26H,4,7-8,11,14,25H2,1H3,(H,27,29)(H,28,30)(H,31,32). The predicted octanol–water partition coefficient (Wildman–Crippen LogP) is 2.15. The number of nitrogens with one attached hydrogen (secondary N) is 3. The number of nitrogen functional groups attached to an aromatic ring is 1. The monoisotopic (exact) mass is 486 g/mol. The summed E-state index contributed by atoms with van der Waals surface area (Å²) in [5, 5.41) is 18.2. The molecule has 1 aliphatic carbocycles. The van der Waals surface area contributed by atoms with Gasteiger partial charge in [-0.3, -0.25) is 9.59 Å². The van der Waals surface area contributed by atoms with E-state index in [0.29, 0.717) is 12.3 Å². The molecule has 6 N–H and O–H groups in total. The highest BCUT2D eigenvalue weighted by Gasteiger charge is 2.31. The van der Waals surface area contributed by atoms with E-state index in [9.17, 15) is 19.5 Å². The predicted molar refractivity (Wildman–Crippen MR) is 134 cm³/mol. The summed E-state index contributed by atoms with van der Waals surface area (Å²) in [7, 11) is 1.63. The average Bonchev–Trinajstić information content (AvgIpc) is 3.21. The number of ether oxygens (including phenoxy) is 1. The van der Waals surface area contributed by atoms with Crippen LogP contribution in [0.1, 0.15) is 23.2 Å². The molecule has 34 heavy (non-hydrogen) atoms. The van der Waals surface area contributed by atoms with Crippen molar-refractivity contribution in [2.24, 2.45) is 5.92 Å². The number of anilines is 2. The first kappa shape index (κ1) is 25.4. The SMILES string of the molecule is COCCCSCC(=O)Nc1cc(N)cc(C(=O)NC(CC2=CNC3C=CC=CC23)C(=O)O)c1. The number of thioether (sulfide) groups is 1. The number of carboxylic acid groups (broad SMARTS) is 1. The molecule has 0 bridgehead atoms. The third kappa shape index (κ3) is 7.13. The van der Waals surface area contributed by atoms with Crippen LogP contribution < -0.4 is 21.7 Å². The van der Waals surface area contributed by atoms with Crippen molar-refractivity contribution in [3.8, 4) is 0 Å². The molecular weight excluding hydrogens is 456 g/mol. The van der Waals surface area contributed by atoms with Crippen LogP contribution in [0.2, 0.25) is 0 Å². The lowest BCUT2D eigenvalue weighted by Gasteiger charge is -2.21. The van der Waals surface area contributed by atoms with Crippen molar-refractivity contribution in [3.63, 3.8) is 0 Å². The summed E-state index contributed by atoms with van der Waals surface area (Å²) < 4.78 is 4.98. The fourth-order valence-corrected chi connectivity index (χ4v) is 4.54. The van der Waals surface area contributed by atoms with E-state index in [2.05, 4.69) is 16.0 Å². The van der Waals surface area contributed by atoms with E-state index in [0.717, 1.165) is 17.7 Å². The van der Waals surface area contributed by atoms with E-state index in [-0.39, 0.29) is 41.3 Å². The molecule has 1 heterocycles. The van der Waals surface area contributed by atoms with Crippen LogP contribution in [0.15, 0.2) is 54.3 Å². The third-order valence-electron chi connectivity index (χ3n) is 5.44. The highest BCUT2D eigenvalue weighted by atomic mass is 32.2. The molecule has 0 saturated heterocycles. The second-order valence-electron chi connectivity index (χ2n) is 8.07. The zero-order valence-corrected chi connectivity index (χ0v) is 19.8. The first-order valence-corrected chi connectivity index (χ1v) is 12.1. The summed E-state index contributed by atoms with van der Waals surface area (Å²) >= 11 is 1.48. The number of fused-ring (bicyclic) bond motifs is 1. The number of amides is 2. The molecule has 9 nitrogen and oxygen atoms in total. The highest BCUT2D eigenvalue weighted by Crippen LogP contribution is 2.29. The van der Waals surface area contributed by atoms with Gasteiger partial charge in [0.05, 0.1) is 11.8 Å². The minimum atomic E-state index is -1.13. The Bertz CT molecular complexity index is 1010. The van der Waals surface area contributed by atoms with Crippen molar-refractivity contribution in [3.05, 3.63) is 59.8 Å². The van der Waals surface area contributed by atoms with Gasteiger partial charge in [-0.25, -0.2) is 4.79 Å². The van der Waals surface area contributed by atoms with Crippen molar-refractivity contribution in [1.82, 2.24) is 10.6 Å². The molecule has 3 rings (SSSR count). The summed E-state index contributed by atoms with van der Waals surface area (Å²) in [5.74, 6) is -0.807. The Morgan fingerprint density at radius 1 is 1.24 bits per heavy atom. The molecule has 3 atom stereocenters. The Morgan fingerprint density at radius 2 is 2.03 bits per heavy atom. The Kier molecular flexibility index (Phi) is 9.17. The molecule has 0 radical (unpaired) electrons. The minimum absolute atomic E-state index is 0.0605. The largest absolute Gasteiger partial charge is 0.480 e. The molecule has 10 heteroatoms. The van der Waals surface area contributed by atoms with Crippen LogP contribution in [-0.2, 0) is 14.3 Å². The Labute approximate surface area is 202 Å². The van der Waals surface area contributed by atoms with Crippen molar-refractivity contribution >= 4 is 40.9 Å². The van der Waals surface area contributed by atoms with E-state index < -0.39 is 17.9 Å². The molecule has 182 valence electrons. The van der Waals surface area contributed by atoms with Gasteiger partial charge in [-0.15, -0.1) is 0 Å². The summed E-state index contributed by atoms with van der Waals surface area (Å²) in [4.78, 5) is 36.9. The van der Waals surface area contributed by atoms with Gasteiger partial charge in [0.25, 0.3) is 5.91 Å². The molecule has 1 aliphatic heterocycles. The van der Waals surface area contributed by atoms with Gasteiger partial charge in [0.15, 0.2) is 0 Å². The first-order valence-electron chi connectivity index (χ1n) is 11.0. The van der Waals surface area contributed by atoms with Crippen molar-refractivity contribution in [1.29, 1.82) is 0 Å². The number of methoxy groups -OCH3 is 1. The number of aliphatic carboxylic acids is 1. The van der Waals surface area contributed by atoms with Gasteiger partial charge in [0.1, 0.15) is 6.04 Å². The molecule has 1 aromatic rings. The van der Waals surface area contributed by atoms with Crippen molar-refractivity contribution < 1.29 is 24.2 Å². The van der Waals surface area contributed by atoms with Crippen LogP contribution >= 0.6 is 11.8 Å². The van der Waals surface area contributed by atoms with E-state index >= 15 is 0 Å². The number of allylic oxidation sites excluding steroid dienone is 2. The van der Waals surface area contributed by atoms with Crippen LogP contribution in [-0.4, -0.2) is 60.2 Å². The van der Waals surface area contributed by atoms with Crippen molar-refractivity contribution in [2.45, 2.75) is 24.9 Å². The lowest BCUT2D eigenvalue weighted by molar-refractivity contribution is -0.139. The zero-order chi connectivity index (χ0) is 24.5. The van der Waals surface area contributed by atoms with E-state index in [1.165, 1.54) is 23.9 Å². The second kappa shape index (κ2) is 12.3. The first-order chi connectivity index (χ1) is 16.4. The summed E-state index contributed by atoms with van der Waals surface area (Å²) in [6, 6.07) is 3.48. The molecule has 0 fully saturated rings. The number of nitrogens with two attached hydrogens (primary N) is 1. The van der Waals surface area contributed by atoms with Crippen LogP contribution in [0, 0.1) is 5.92 Å². The normalized spacial score (nSPS) is 19.0. The van der Waals surface area contributed by atoms with Crippen LogP contribution in [0.3, 0.4) is 0 Å². The molecule has 1 aromatic carbocycles. The molecule has 2 aliphatic rings. The summed E-state index contributed by atoms with van der Waals surface area (Å²) in [6.07, 6.45) is 10.7. The molecule has 0 spiro atoms. The zero-order valence-electron chi connectivity index (χ0n) is 19.0. The number of hydrogen-bond acceptors (Lipinski definition) is 7. The molecule has 2 amide bonds. The summed E-state index contributed by atoms with van der Waals surface area (Å²) in [5.41, 5.74) is 7.67. The smallest absolute Gasteiger partial charge is 0.326 e. The maximum atomic E-state index is 12.9. The number of carbonyl (C=O) groups is 3. The Morgan fingerprint density at radius 3 is 2.79 bits per heavy atom. The van der Waals surface area contributed by atoms with Crippen LogP contribution in [0.5, 0.6) is 0 Å². The molecular formula is C24H30N4O5S. The molecule has 0 aromatic heterocycles. The van der Waals surface area contributed by atoms with E-state index in [4.69, 9.17) is 10.5 Å². The van der Waals surface area contributed by atoms with Gasteiger partial charge < -0.3 is 31.5 Å². The number of hydrogen-bond donors (Lipinski definition) is 5. The van der Waals surface area contributed by atoms with Crippen LogP contribution in [0.4, 0.5) is 11.4 Å².